The summed E-state index contributed by atoms with van der Waals surface area (Å²) in [5.41, 5.74) is 0.829. The Labute approximate surface area is 121 Å². The molecular formula is C12H14N4O4S. The molecule has 21 heavy (non-hydrogen) atoms. The zero-order chi connectivity index (χ0) is 15.5. The van der Waals surface area contributed by atoms with Crippen molar-refractivity contribution in [1.82, 2.24) is 19.5 Å². The lowest BCUT2D eigenvalue weighted by Crippen LogP contribution is -2.27. The fraction of sp³-hybridized carbons (Fsp3) is 0.250. The third kappa shape index (κ3) is 3.64. The molecule has 0 unspecified atom stereocenters. The van der Waals surface area contributed by atoms with E-state index in [0.717, 1.165) is 18.0 Å². The summed E-state index contributed by atoms with van der Waals surface area (Å²) in [5, 5.41) is 12.5. The predicted octanol–water partition coefficient (Wildman–Crippen LogP) is 0.0343. The molecule has 9 heteroatoms. The van der Waals surface area contributed by atoms with E-state index < -0.39 is 16.0 Å². The average Bonchev–Trinajstić information content (AvgIpc) is 2.84. The first-order chi connectivity index (χ1) is 9.90. The Kier molecular flexibility index (Phi) is 4.34. The monoisotopic (exact) mass is 310 g/mol. The van der Waals surface area contributed by atoms with Crippen LogP contribution in [0.3, 0.4) is 0 Å². The van der Waals surface area contributed by atoms with E-state index in [1.54, 1.807) is 24.0 Å². The Morgan fingerprint density at radius 1 is 1.38 bits per heavy atom. The van der Waals surface area contributed by atoms with Crippen LogP contribution in [0.15, 0.2) is 35.6 Å². The summed E-state index contributed by atoms with van der Waals surface area (Å²) in [6, 6.07) is 4.16. The Bertz CT molecular complexity index is 737. The first-order valence-corrected chi connectivity index (χ1v) is 7.54. The number of pyridine rings is 1. The number of hydrogen-bond donors (Lipinski definition) is 2. The minimum Gasteiger partial charge on any atom is -0.478 e. The maximum atomic E-state index is 12.0. The number of aryl methyl sites for hydroxylation is 1. The molecule has 0 aliphatic heterocycles. The van der Waals surface area contributed by atoms with Crippen LogP contribution >= 0.6 is 0 Å². The van der Waals surface area contributed by atoms with Crippen LogP contribution in [-0.2, 0) is 23.5 Å². The van der Waals surface area contributed by atoms with Crippen molar-refractivity contribution in [3.8, 4) is 0 Å². The van der Waals surface area contributed by atoms with Crippen LogP contribution in [0, 0.1) is 0 Å². The van der Waals surface area contributed by atoms with Crippen molar-refractivity contribution >= 4 is 16.0 Å². The summed E-state index contributed by atoms with van der Waals surface area (Å²) in [6.07, 6.45) is 3.14. The van der Waals surface area contributed by atoms with Crippen LogP contribution in [0.5, 0.6) is 0 Å². The highest BCUT2D eigenvalue weighted by Crippen LogP contribution is 2.07. The van der Waals surface area contributed by atoms with Gasteiger partial charge >= 0.3 is 5.97 Å². The maximum absolute atomic E-state index is 12.0. The summed E-state index contributed by atoms with van der Waals surface area (Å²) in [4.78, 5) is 14.3. The van der Waals surface area contributed by atoms with Crippen molar-refractivity contribution < 1.29 is 18.3 Å². The highest BCUT2D eigenvalue weighted by atomic mass is 32.2. The molecular weight excluding hydrogens is 296 g/mol. The van der Waals surface area contributed by atoms with Crippen molar-refractivity contribution in [2.75, 3.05) is 6.54 Å². The van der Waals surface area contributed by atoms with E-state index in [2.05, 4.69) is 14.8 Å². The topological polar surface area (TPSA) is 114 Å². The Balaban J connectivity index is 2.01. The standard InChI is InChI=1S/C12H14N4O4S/c1-16-10(4-6-14-16)5-7-15-21(19,20)11-3-2-9(8-13-11)12(17)18/h2-4,6,8,15H,5,7H2,1H3,(H,17,18). The van der Waals surface area contributed by atoms with Gasteiger partial charge in [0.2, 0.25) is 0 Å². The van der Waals surface area contributed by atoms with E-state index >= 15 is 0 Å². The summed E-state index contributed by atoms with van der Waals surface area (Å²) >= 11 is 0. The first-order valence-electron chi connectivity index (χ1n) is 6.06. The SMILES string of the molecule is Cn1nccc1CCNS(=O)(=O)c1ccc(C(=O)O)cn1. The second kappa shape index (κ2) is 6.02. The van der Waals surface area contributed by atoms with Gasteiger partial charge in [0.15, 0.2) is 5.03 Å². The molecule has 0 radical (unpaired) electrons. The third-order valence-electron chi connectivity index (χ3n) is 2.85. The summed E-state index contributed by atoms with van der Waals surface area (Å²) < 4.78 is 28.0. The minimum atomic E-state index is -3.75. The van der Waals surface area contributed by atoms with E-state index in [4.69, 9.17) is 5.11 Å². The molecule has 2 N–H and O–H groups in total. The number of carbonyl (C=O) groups is 1. The normalized spacial score (nSPS) is 11.5. The number of nitrogens with one attached hydrogen (secondary N) is 1. The second-order valence-corrected chi connectivity index (χ2v) is 6.00. The zero-order valence-electron chi connectivity index (χ0n) is 11.2. The number of carboxylic acid groups (broad SMARTS) is 1. The number of sulfonamides is 1. The lowest BCUT2D eigenvalue weighted by molar-refractivity contribution is 0.0696. The summed E-state index contributed by atoms with van der Waals surface area (Å²) in [6.45, 7) is 0.199. The number of hydrogen-bond acceptors (Lipinski definition) is 5. The molecule has 0 aliphatic rings. The molecule has 112 valence electrons. The van der Waals surface area contributed by atoms with Gasteiger partial charge in [0.05, 0.1) is 5.56 Å². The molecule has 0 aromatic carbocycles. The molecule has 0 amide bonds. The Morgan fingerprint density at radius 3 is 2.67 bits per heavy atom. The van der Waals surface area contributed by atoms with Gasteiger partial charge in [0, 0.05) is 38.1 Å². The number of rotatable bonds is 6. The molecule has 0 atom stereocenters. The molecule has 2 rings (SSSR count). The van der Waals surface area contributed by atoms with Crippen LogP contribution in [0.1, 0.15) is 16.1 Å². The molecule has 0 saturated heterocycles. The summed E-state index contributed by atoms with van der Waals surface area (Å²) in [7, 11) is -1.98. The highest BCUT2D eigenvalue weighted by molar-refractivity contribution is 7.89. The molecule has 2 aromatic rings. The highest BCUT2D eigenvalue weighted by Gasteiger charge is 2.16. The van der Waals surface area contributed by atoms with Crippen LogP contribution in [0.2, 0.25) is 0 Å². The van der Waals surface area contributed by atoms with Crippen LogP contribution < -0.4 is 4.72 Å². The van der Waals surface area contributed by atoms with Crippen molar-refractivity contribution in [1.29, 1.82) is 0 Å². The van der Waals surface area contributed by atoms with E-state index in [-0.39, 0.29) is 17.1 Å². The van der Waals surface area contributed by atoms with Gasteiger partial charge in [-0.25, -0.2) is 22.9 Å². The second-order valence-electron chi connectivity index (χ2n) is 4.28. The minimum absolute atomic E-state index is 0.0659. The van der Waals surface area contributed by atoms with Crippen molar-refractivity contribution in [2.45, 2.75) is 11.4 Å². The lowest BCUT2D eigenvalue weighted by atomic mass is 10.3. The van der Waals surface area contributed by atoms with Gasteiger partial charge < -0.3 is 5.11 Å². The Hall–Kier alpha value is -2.26. The predicted molar refractivity (Wildman–Crippen MR) is 73.3 cm³/mol. The van der Waals surface area contributed by atoms with Gasteiger partial charge in [-0.05, 0) is 18.2 Å². The smallest absolute Gasteiger partial charge is 0.337 e. The molecule has 0 bridgehead atoms. The van der Waals surface area contributed by atoms with Gasteiger partial charge in [-0.2, -0.15) is 5.10 Å². The third-order valence-corrected chi connectivity index (χ3v) is 4.23. The van der Waals surface area contributed by atoms with Gasteiger partial charge in [-0.3, -0.25) is 4.68 Å². The fourth-order valence-electron chi connectivity index (χ4n) is 1.70. The number of aromatic carboxylic acids is 1. The zero-order valence-corrected chi connectivity index (χ0v) is 12.0. The molecule has 0 saturated carbocycles. The van der Waals surface area contributed by atoms with Gasteiger partial charge in [-0.15, -0.1) is 0 Å². The van der Waals surface area contributed by atoms with Gasteiger partial charge in [-0.1, -0.05) is 0 Å². The number of aromatic nitrogens is 3. The average molecular weight is 310 g/mol. The number of nitrogens with zero attached hydrogens (tertiary/aromatic N) is 3. The largest absolute Gasteiger partial charge is 0.478 e. The maximum Gasteiger partial charge on any atom is 0.337 e. The van der Waals surface area contributed by atoms with Crippen molar-refractivity contribution in [3.05, 3.63) is 41.9 Å². The fourth-order valence-corrected chi connectivity index (χ4v) is 2.66. The van der Waals surface area contributed by atoms with Gasteiger partial charge in [0.25, 0.3) is 10.0 Å². The van der Waals surface area contributed by atoms with Crippen molar-refractivity contribution in [3.63, 3.8) is 0 Å². The van der Waals surface area contributed by atoms with E-state index in [9.17, 15) is 13.2 Å². The van der Waals surface area contributed by atoms with Crippen LogP contribution in [0.4, 0.5) is 0 Å². The molecule has 8 nitrogen and oxygen atoms in total. The quantitative estimate of drug-likeness (QED) is 0.778. The molecule has 2 aromatic heterocycles. The Morgan fingerprint density at radius 2 is 2.14 bits per heavy atom. The van der Waals surface area contributed by atoms with Crippen LogP contribution in [0.25, 0.3) is 0 Å². The molecule has 2 heterocycles. The summed E-state index contributed by atoms with van der Waals surface area (Å²) in [5.74, 6) is -1.16. The first kappa shape index (κ1) is 15.1. The van der Waals surface area contributed by atoms with Gasteiger partial charge in [0.1, 0.15) is 0 Å². The van der Waals surface area contributed by atoms with E-state index in [0.29, 0.717) is 6.42 Å². The number of carboxylic acids is 1. The molecule has 0 fully saturated rings. The lowest BCUT2D eigenvalue weighted by Gasteiger charge is -2.06. The van der Waals surface area contributed by atoms with Crippen LogP contribution in [-0.4, -0.2) is 40.8 Å². The molecule has 0 spiro atoms. The molecule has 0 aliphatic carbocycles. The van der Waals surface area contributed by atoms with Crippen molar-refractivity contribution in [2.24, 2.45) is 7.05 Å². The van der Waals surface area contributed by atoms with E-state index in [1.807, 2.05) is 0 Å². The van der Waals surface area contributed by atoms with E-state index in [1.165, 1.54) is 6.07 Å².